The van der Waals surface area contributed by atoms with E-state index in [1.54, 1.807) is 6.07 Å². The summed E-state index contributed by atoms with van der Waals surface area (Å²) in [5, 5.41) is 4.24. The molecular weight excluding hydrogens is 290 g/mol. The first-order chi connectivity index (χ1) is 9.62. The van der Waals surface area contributed by atoms with E-state index in [4.69, 9.17) is 0 Å². The maximum absolute atomic E-state index is 12.2. The number of thioether (sulfide) groups is 1. The van der Waals surface area contributed by atoms with Crippen LogP contribution in [0.1, 0.15) is 37.3 Å². The fourth-order valence-electron chi connectivity index (χ4n) is 3.42. The summed E-state index contributed by atoms with van der Waals surface area (Å²) in [6.45, 7) is 0. The fraction of sp³-hybridized carbons (Fsp3) is 0.600. The van der Waals surface area contributed by atoms with Crippen molar-refractivity contribution in [2.45, 2.75) is 47.9 Å². The maximum Gasteiger partial charge on any atom is 0.180 e. The van der Waals surface area contributed by atoms with E-state index in [2.05, 4.69) is 11.6 Å². The monoisotopic (exact) mass is 311 g/mol. The summed E-state index contributed by atoms with van der Waals surface area (Å²) in [5.41, 5.74) is 0.956. The number of hydrogen-bond donors (Lipinski definition) is 1. The standard InChI is InChI=1S/C15H21NO2S2/c1-19-14-8-4-3-7-12(14)16-13-10-20(17,18)15-9-5-2-6-11(13)15/h2,5-6,9,12-14,16H,3-4,7-8,10H2,1H3. The van der Waals surface area contributed by atoms with Gasteiger partial charge in [-0.15, -0.1) is 0 Å². The molecule has 1 aliphatic heterocycles. The molecule has 0 saturated heterocycles. The van der Waals surface area contributed by atoms with Crippen LogP contribution >= 0.6 is 11.8 Å². The highest BCUT2D eigenvalue weighted by molar-refractivity contribution is 7.99. The highest BCUT2D eigenvalue weighted by Gasteiger charge is 2.36. The smallest absolute Gasteiger partial charge is 0.180 e. The van der Waals surface area contributed by atoms with Gasteiger partial charge in [0.25, 0.3) is 0 Å². The maximum atomic E-state index is 12.2. The lowest BCUT2D eigenvalue weighted by molar-refractivity contribution is 0.358. The van der Waals surface area contributed by atoms with Crippen LogP contribution < -0.4 is 5.32 Å². The molecule has 20 heavy (non-hydrogen) atoms. The van der Waals surface area contributed by atoms with Crippen LogP contribution in [0.3, 0.4) is 0 Å². The predicted octanol–water partition coefficient (Wildman–Crippen LogP) is 2.78. The molecule has 1 aromatic rings. The van der Waals surface area contributed by atoms with Crippen molar-refractivity contribution in [1.29, 1.82) is 0 Å². The molecule has 1 aromatic carbocycles. The molecule has 1 aliphatic carbocycles. The van der Waals surface area contributed by atoms with Gasteiger partial charge in [0.05, 0.1) is 10.6 Å². The van der Waals surface area contributed by atoms with Crippen molar-refractivity contribution in [3.05, 3.63) is 29.8 Å². The van der Waals surface area contributed by atoms with Crippen LogP contribution in [-0.2, 0) is 9.84 Å². The van der Waals surface area contributed by atoms with E-state index in [9.17, 15) is 8.42 Å². The van der Waals surface area contributed by atoms with Crippen LogP contribution in [0.15, 0.2) is 29.2 Å². The van der Waals surface area contributed by atoms with Gasteiger partial charge < -0.3 is 5.32 Å². The summed E-state index contributed by atoms with van der Waals surface area (Å²) >= 11 is 1.91. The molecule has 0 amide bonds. The predicted molar refractivity (Wildman–Crippen MR) is 83.9 cm³/mol. The quantitative estimate of drug-likeness (QED) is 0.932. The second kappa shape index (κ2) is 5.70. The van der Waals surface area contributed by atoms with E-state index in [1.165, 1.54) is 19.3 Å². The number of rotatable bonds is 3. The lowest BCUT2D eigenvalue weighted by Gasteiger charge is -2.33. The topological polar surface area (TPSA) is 46.2 Å². The molecule has 3 unspecified atom stereocenters. The Kier molecular flexibility index (Phi) is 4.11. The van der Waals surface area contributed by atoms with E-state index in [0.717, 1.165) is 12.0 Å². The number of nitrogens with one attached hydrogen (secondary N) is 1. The van der Waals surface area contributed by atoms with Crippen LogP contribution in [0.25, 0.3) is 0 Å². The van der Waals surface area contributed by atoms with Gasteiger partial charge in [0.2, 0.25) is 0 Å². The number of fused-ring (bicyclic) bond motifs is 1. The van der Waals surface area contributed by atoms with Gasteiger partial charge in [-0.1, -0.05) is 31.0 Å². The van der Waals surface area contributed by atoms with Crippen molar-refractivity contribution in [2.24, 2.45) is 0 Å². The Morgan fingerprint density at radius 2 is 1.95 bits per heavy atom. The summed E-state index contributed by atoms with van der Waals surface area (Å²) in [4.78, 5) is 0.522. The highest BCUT2D eigenvalue weighted by Crippen LogP contribution is 2.35. The summed E-state index contributed by atoms with van der Waals surface area (Å²) in [7, 11) is -3.10. The van der Waals surface area contributed by atoms with Crippen molar-refractivity contribution in [3.63, 3.8) is 0 Å². The van der Waals surface area contributed by atoms with E-state index in [1.807, 2.05) is 30.0 Å². The van der Waals surface area contributed by atoms with Crippen molar-refractivity contribution < 1.29 is 8.42 Å². The Morgan fingerprint density at radius 3 is 2.75 bits per heavy atom. The van der Waals surface area contributed by atoms with Gasteiger partial charge in [0.1, 0.15) is 0 Å². The summed E-state index contributed by atoms with van der Waals surface area (Å²) in [6, 6.07) is 7.83. The van der Waals surface area contributed by atoms with Gasteiger partial charge in [0.15, 0.2) is 9.84 Å². The third-order valence-electron chi connectivity index (χ3n) is 4.44. The molecule has 1 fully saturated rings. The molecule has 0 radical (unpaired) electrons. The van der Waals surface area contributed by atoms with Crippen molar-refractivity contribution in [2.75, 3.05) is 12.0 Å². The summed E-state index contributed by atoms with van der Waals surface area (Å²) in [6.07, 6.45) is 7.09. The third-order valence-corrected chi connectivity index (χ3v) is 7.42. The summed E-state index contributed by atoms with van der Waals surface area (Å²) < 4.78 is 24.4. The van der Waals surface area contributed by atoms with Gasteiger partial charge in [-0.3, -0.25) is 0 Å². The zero-order chi connectivity index (χ0) is 14.2. The largest absolute Gasteiger partial charge is 0.305 e. The minimum absolute atomic E-state index is 0.0334. The van der Waals surface area contributed by atoms with Gasteiger partial charge in [-0.25, -0.2) is 8.42 Å². The molecule has 0 bridgehead atoms. The zero-order valence-corrected chi connectivity index (χ0v) is 13.3. The molecule has 0 aromatic heterocycles. The fourth-order valence-corrected chi connectivity index (χ4v) is 6.11. The third kappa shape index (κ3) is 2.63. The molecule has 110 valence electrons. The van der Waals surface area contributed by atoms with Crippen LogP contribution in [0.5, 0.6) is 0 Å². The Bertz CT molecular complexity index is 585. The van der Waals surface area contributed by atoms with Gasteiger partial charge in [-0.2, -0.15) is 11.8 Å². The molecule has 3 nitrogen and oxygen atoms in total. The Morgan fingerprint density at radius 1 is 1.20 bits per heavy atom. The zero-order valence-electron chi connectivity index (χ0n) is 11.7. The molecule has 1 N–H and O–H groups in total. The van der Waals surface area contributed by atoms with E-state index in [0.29, 0.717) is 16.2 Å². The molecule has 3 atom stereocenters. The number of sulfone groups is 1. The molecule has 5 heteroatoms. The first-order valence-corrected chi connectivity index (χ1v) is 10.2. The van der Waals surface area contributed by atoms with Crippen LogP contribution in [0.4, 0.5) is 0 Å². The highest BCUT2D eigenvalue weighted by atomic mass is 32.2. The van der Waals surface area contributed by atoms with E-state index in [-0.39, 0.29) is 11.8 Å². The molecule has 3 rings (SSSR count). The first kappa shape index (κ1) is 14.4. The lowest BCUT2D eigenvalue weighted by Crippen LogP contribution is -2.42. The molecule has 1 saturated carbocycles. The summed E-state index contributed by atoms with van der Waals surface area (Å²) in [5.74, 6) is 0.212. The van der Waals surface area contributed by atoms with Crippen LogP contribution in [-0.4, -0.2) is 31.7 Å². The molecule has 1 heterocycles. The second-order valence-corrected chi connectivity index (χ2v) is 8.78. The first-order valence-electron chi connectivity index (χ1n) is 7.22. The molecule has 0 spiro atoms. The van der Waals surface area contributed by atoms with E-state index < -0.39 is 9.84 Å². The minimum atomic E-state index is -3.10. The molecule has 2 aliphatic rings. The Labute approximate surface area is 125 Å². The lowest BCUT2D eigenvalue weighted by atomic mass is 9.93. The van der Waals surface area contributed by atoms with Gasteiger partial charge in [0, 0.05) is 17.3 Å². The second-order valence-electron chi connectivity index (χ2n) is 5.70. The minimum Gasteiger partial charge on any atom is -0.305 e. The van der Waals surface area contributed by atoms with Crippen molar-refractivity contribution >= 4 is 21.6 Å². The van der Waals surface area contributed by atoms with E-state index >= 15 is 0 Å². The Balaban J connectivity index is 1.82. The SMILES string of the molecule is CSC1CCCCC1NC1CS(=O)(=O)c2ccccc21. The number of benzene rings is 1. The molecular formula is C15H21NO2S2. The van der Waals surface area contributed by atoms with Crippen molar-refractivity contribution in [3.8, 4) is 0 Å². The van der Waals surface area contributed by atoms with Crippen molar-refractivity contribution in [1.82, 2.24) is 5.32 Å². The van der Waals surface area contributed by atoms with Crippen LogP contribution in [0.2, 0.25) is 0 Å². The number of hydrogen-bond acceptors (Lipinski definition) is 4. The average molecular weight is 311 g/mol. The van der Waals surface area contributed by atoms with Gasteiger partial charge in [-0.05, 0) is 30.7 Å². The van der Waals surface area contributed by atoms with Crippen LogP contribution in [0, 0.1) is 0 Å². The Hall–Kier alpha value is -0.520. The van der Waals surface area contributed by atoms with Gasteiger partial charge >= 0.3 is 0 Å². The average Bonchev–Trinajstić information content (AvgIpc) is 2.71. The normalized spacial score (nSPS) is 31.9.